The predicted octanol–water partition coefficient (Wildman–Crippen LogP) is 2.64. The van der Waals surface area contributed by atoms with Crippen molar-refractivity contribution in [2.24, 2.45) is 7.05 Å². The average molecular weight is 252 g/mol. The zero-order valence-corrected chi connectivity index (χ0v) is 11.2. The van der Waals surface area contributed by atoms with Crippen molar-refractivity contribution < 1.29 is 4.92 Å². The molecule has 6 heteroatoms. The first-order chi connectivity index (χ1) is 8.47. The Bertz CT molecular complexity index is 461. The summed E-state index contributed by atoms with van der Waals surface area (Å²) in [6.07, 6.45) is 5.03. The fourth-order valence-electron chi connectivity index (χ4n) is 2.70. The van der Waals surface area contributed by atoms with Crippen LogP contribution in [0.5, 0.6) is 0 Å². The Morgan fingerprint density at radius 3 is 2.61 bits per heavy atom. The van der Waals surface area contributed by atoms with Gasteiger partial charge in [-0.15, -0.1) is 0 Å². The highest BCUT2D eigenvalue weighted by atomic mass is 16.6. The van der Waals surface area contributed by atoms with Gasteiger partial charge in [0.2, 0.25) is 5.82 Å². The molecule has 18 heavy (non-hydrogen) atoms. The fourth-order valence-corrected chi connectivity index (χ4v) is 2.70. The molecule has 0 aromatic carbocycles. The minimum Gasteiger partial charge on any atom is -0.359 e. The molecule has 1 aliphatic carbocycles. The van der Waals surface area contributed by atoms with E-state index >= 15 is 0 Å². The molecule has 2 rings (SSSR count). The van der Waals surface area contributed by atoms with Gasteiger partial charge in [-0.2, -0.15) is 5.10 Å². The van der Waals surface area contributed by atoms with Gasteiger partial charge < -0.3 is 5.32 Å². The number of hydrogen-bond donors (Lipinski definition) is 1. The second-order valence-electron chi connectivity index (χ2n) is 5.27. The summed E-state index contributed by atoms with van der Waals surface area (Å²) in [5.74, 6) is 0.543. The van der Waals surface area contributed by atoms with Gasteiger partial charge in [0.15, 0.2) is 0 Å². The maximum atomic E-state index is 11.2. The van der Waals surface area contributed by atoms with Crippen LogP contribution in [0.1, 0.15) is 45.2 Å². The van der Waals surface area contributed by atoms with E-state index < -0.39 is 0 Å². The van der Waals surface area contributed by atoms with Crippen molar-refractivity contribution >= 4 is 11.5 Å². The molecule has 6 nitrogen and oxygen atoms in total. The number of nitrogens with zero attached hydrogens (tertiary/aromatic N) is 3. The third-order valence-corrected chi connectivity index (χ3v) is 3.74. The van der Waals surface area contributed by atoms with Crippen molar-refractivity contribution in [1.82, 2.24) is 9.78 Å². The van der Waals surface area contributed by atoms with Crippen LogP contribution in [0.15, 0.2) is 0 Å². The highest BCUT2D eigenvalue weighted by molar-refractivity contribution is 5.61. The molecule has 0 bridgehead atoms. The molecular weight excluding hydrogens is 232 g/mol. The van der Waals surface area contributed by atoms with E-state index in [1.54, 1.807) is 11.7 Å². The van der Waals surface area contributed by atoms with Crippen molar-refractivity contribution in [1.29, 1.82) is 0 Å². The van der Waals surface area contributed by atoms with Gasteiger partial charge in [-0.1, -0.05) is 19.8 Å². The number of aromatic nitrogens is 2. The van der Waals surface area contributed by atoms with Gasteiger partial charge in [0.1, 0.15) is 5.69 Å². The van der Waals surface area contributed by atoms with Crippen molar-refractivity contribution in [2.45, 2.75) is 51.5 Å². The molecule has 1 N–H and O–H groups in total. The first-order valence-corrected chi connectivity index (χ1v) is 6.45. The van der Waals surface area contributed by atoms with Crippen LogP contribution < -0.4 is 5.32 Å². The number of rotatable bonds is 4. The molecule has 1 aliphatic rings. The summed E-state index contributed by atoms with van der Waals surface area (Å²) < 4.78 is 1.60. The zero-order chi connectivity index (χ0) is 13.3. The zero-order valence-electron chi connectivity index (χ0n) is 11.2. The molecule has 1 aromatic heterocycles. The third kappa shape index (κ3) is 2.19. The lowest BCUT2D eigenvalue weighted by molar-refractivity contribution is -0.384. The number of anilines is 1. The molecule has 0 atom stereocenters. The van der Waals surface area contributed by atoms with Crippen LogP contribution in [0.3, 0.4) is 0 Å². The standard InChI is InChI=1S/C12H20N4O2/c1-4-9-10(16(17)18)11(15(3)14-9)13-12(2)7-5-6-8-12/h13H,4-8H2,1-3H3. The summed E-state index contributed by atoms with van der Waals surface area (Å²) in [7, 11) is 1.76. The van der Waals surface area contributed by atoms with Crippen molar-refractivity contribution in [3.63, 3.8) is 0 Å². The minimum absolute atomic E-state index is 0.0381. The molecule has 100 valence electrons. The Morgan fingerprint density at radius 2 is 2.11 bits per heavy atom. The van der Waals surface area contributed by atoms with E-state index in [0.29, 0.717) is 17.9 Å². The predicted molar refractivity (Wildman–Crippen MR) is 69.7 cm³/mol. The van der Waals surface area contributed by atoms with E-state index in [9.17, 15) is 10.1 Å². The van der Waals surface area contributed by atoms with Crippen molar-refractivity contribution in [3.05, 3.63) is 15.8 Å². The summed E-state index contributed by atoms with van der Waals surface area (Å²) in [6.45, 7) is 4.01. The number of hydrogen-bond acceptors (Lipinski definition) is 4. The maximum Gasteiger partial charge on any atom is 0.333 e. The molecule has 0 amide bonds. The number of aryl methyl sites for hydroxylation is 2. The molecular formula is C12H20N4O2. The molecule has 1 saturated carbocycles. The Balaban J connectivity index is 2.37. The van der Waals surface area contributed by atoms with Gasteiger partial charge in [0, 0.05) is 12.6 Å². The summed E-state index contributed by atoms with van der Waals surface area (Å²) in [5, 5.41) is 18.8. The number of nitrogens with one attached hydrogen (secondary N) is 1. The maximum absolute atomic E-state index is 11.2. The van der Waals surface area contributed by atoms with Crippen molar-refractivity contribution in [3.8, 4) is 0 Å². The summed E-state index contributed by atoms with van der Waals surface area (Å²) in [6, 6.07) is 0. The molecule has 0 aliphatic heterocycles. The second-order valence-corrected chi connectivity index (χ2v) is 5.27. The normalized spacial score (nSPS) is 17.9. The van der Waals surface area contributed by atoms with Crippen LogP contribution in [0.2, 0.25) is 0 Å². The molecule has 0 spiro atoms. The fraction of sp³-hybridized carbons (Fsp3) is 0.750. The molecule has 1 aromatic rings. The molecule has 1 fully saturated rings. The van der Waals surface area contributed by atoms with Crippen LogP contribution in [0, 0.1) is 10.1 Å². The van der Waals surface area contributed by atoms with E-state index in [4.69, 9.17) is 0 Å². The molecule has 1 heterocycles. The Morgan fingerprint density at radius 1 is 1.50 bits per heavy atom. The van der Waals surface area contributed by atoms with Gasteiger partial charge in [-0.3, -0.25) is 10.1 Å². The largest absolute Gasteiger partial charge is 0.359 e. The van der Waals surface area contributed by atoms with Gasteiger partial charge in [0.25, 0.3) is 0 Å². The van der Waals surface area contributed by atoms with Crippen molar-refractivity contribution in [2.75, 3.05) is 5.32 Å². The minimum atomic E-state index is -0.327. The van der Waals surface area contributed by atoms with Crippen LogP contribution >= 0.6 is 0 Å². The summed E-state index contributed by atoms with van der Waals surface area (Å²) >= 11 is 0. The van der Waals surface area contributed by atoms with E-state index in [0.717, 1.165) is 12.8 Å². The molecule has 0 radical (unpaired) electrons. The first-order valence-electron chi connectivity index (χ1n) is 6.45. The van der Waals surface area contributed by atoms with E-state index in [-0.39, 0.29) is 16.1 Å². The Labute approximate surface area is 107 Å². The third-order valence-electron chi connectivity index (χ3n) is 3.74. The Kier molecular flexibility index (Phi) is 3.28. The molecule has 0 unspecified atom stereocenters. The van der Waals surface area contributed by atoms with Gasteiger partial charge in [0.05, 0.1) is 4.92 Å². The van der Waals surface area contributed by atoms with Crippen LogP contribution in [-0.2, 0) is 13.5 Å². The SMILES string of the molecule is CCc1nn(C)c(NC2(C)CCCC2)c1[N+](=O)[O-]. The average Bonchev–Trinajstić information content (AvgIpc) is 2.85. The first kappa shape index (κ1) is 12.9. The van der Waals surface area contributed by atoms with E-state index in [1.807, 2.05) is 6.92 Å². The lowest BCUT2D eigenvalue weighted by Crippen LogP contribution is -2.32. The van der Waals surface area contributed by atoms with Gasteiger partial charge in [-0.05, 0) is 26.2 Å². The van der Waals surface area contributed by atoms with E-state index in [1.165, 1.54) is 12.8 Å². The van der Waals surface area contributed by atoms with Gasteiger partial charge in [-0.25, -0.2) is 4.68 Å². The smallest absolute Gasteiger partial charge is 0.333 e. The summed E-state index contributed by atoms with van der Waals surface area (Å²) in [5.41, 5.74) is 0.642. The quantitative estimate of drug-likeness (QED) is 0.660. The second kappa shape index (κ2) is 4.59. The van der Waals surface area contributed by atoms with Gasteiger partial charge >= 0.3 is 5.69 Å². The highest BCUT2D eigenvalue weighted by Gasteiger charge is 2.34. The lowest BCUT2D eigenvalue weighted by atomic mass is 10.0. The summed E-state index contributed by atoms with van der Waals surface area (Å²) in [4.78, 5) is 10.9. The number of nitro groups is 1. The van der Waals surface area contributed by atoms with Crippen LogP contribution in [0.4, 0.5) is 11.5 Å². The van der Waals surface area contributed by atoms with Crippen LogP contribution in [-0.4, -0.2) is 20.2 Å². The van der Waals surface area contributed by atoms with E-state index in [2.05, 4.69) is 17.3 Å². The molecule has 0 saturated heterocycles. The highest BCUT2D eigenvalue weighted by Crippen LogP contribution is 2.36. The van der Waals surface area contributed by atoms with Crippen LogP contribution in [0.25, 0.3) is 0 Å². The monoisotopic (exact) mass is 252 g/mol. The lowest BCUT2D eigenvalue weighted by Gasteiger charge is -2.25. The topological polar surface area (TPSA) is 73.0 Å². The Hall–Kier alpha value is -1.59.